The molecule has 28 heavy (non-hydrogen) atoms. The van der Waals surface area contributed by atoms with Gasteiger partial charge < -0.3 is 4.74 Å². The Labute approximate surface area is 167 Å². The third-order valence-corrected chi connectivity index (χ3v) is 6.03. The quantitative estimate of drug-likeness (QED) is 0.430. The van der Waals surface area contributed by atoms with Crippen LogP contribution in [0.4, 0.5) is 13.2 Å². The van der Waals surface area contributed by atoms with Gasteiger partial charge in [-0.25, -0.2) is 0 Å². The van der Waals surface area contributed by atoms with Crippen LogP contribution in [0.25, 0.3) is 11.1 Å². The van der Waals surface area contributed by atoms with Crippen molar-refractivity contribution in [1.82, 2.24) is 0 Å². The number of benzene rings is 2. The van der Waals surface area contributed by atoms with Gasteiger partial charge in [0.15, 0.2) is 0 Å². The summed E-state index contributed by atoms with van der Waals surface area (Å²) < 4.78 is 44.5. The van der Waals surface area contributed by atoms with Crippen LogP contribution in [0.2, 0.25) is 0 Å². The van der Waals surface area contributed by atoms with E-state index in [9.17, 15) is 13.2 Å². The highest BCUT2D eigenvalue weighted by Gasteiger charge is 2.30. The number of alkyl halides is 3. The van der Waals surface area contributed by atoms with Gasteiger partial charge in [-0.2, -0.15) is 13.2 Å². The van der Waals surface area contributed by atoms with Crippen molar-refractivity contribution in [2.45, 2.75) is 39.3 Å². The van der Waals surface area contributed by atoms with E-state index in [0.717, 1.165) is 40.1 Å². The van der Waals surface area contributed by atoms with Gasteiger partial charge in [0, 0.05) is 10.3 Å². The van der Waals surface area contributed by atoms with Crippen LogP contribution in [0.5, 0.6) is 5.75 Å². The fraction of sp³-hybridized carbons (Fsp3) is 0.304. The van der Waals surface area contributed by atoms with Crippen molar-refractivity contribution in [2.24, 2.45) is 0 Å². The summed E-state index contributed by atoms with van der Waals surface area (Å²) in [5.41, 5.74) is 2.93. The third kappa shape index (κ3) is 4.41. The summed E-state index contributed by atoms with van der Waals surface area (Å²) in [6.07, 6.45) is -4.32. The lowest BCUT2D eigenvalue weighted by Gasteiger charge is -2.24. The third-order valence-electron chi connectivity index (χ3n) is 4.79. The molecule has 0 atom stereocenters. The summed E-state index contributed by atoms with van der Waals surface area (Å²) in [5, 5.41) is 2.06. The first kappa shape index (κ1) is 20.5. The van der Waals surface area contributed by atoms with Crippen LogP contribution in [-0.2, 0) is 11.6 Å². The summed E-state index contributed by atoms with van der Waals surface area (Å²) in [6.45, 7) is 8.75. The van der Waals surface area contributed by atoms with Crippen LogP contribution < -0.4 is 4.74 Å². The average Bonchev–Trinajstić information content (AvgIpc) is 3.15. The number of ether oxygens (including phenoxy) is 1. The molecular formula is C23H23F3OS. The van der Waals surface area contributed by atoms with Gasteiger partial charge in [0.05, 0.1) is 12.2 Å². The van der Waals surface area contributed by atoms with Crippen LogP contribution in [0.3, 0.4) is 0 Å². The van der Waals surface area contributed by atoms with E-state index in [2.05, 4.69) is 25.3 Å². The lowest BCUT2D eigenvalue weighted by atomic mass is 9.92. The summed E-state index contributed by atoms with van der Waals surface area (Å²) in [6, 6.07) is 13.4. The van der Waals surface area contributed by atoms with Crippen molar-refractivity contribution in [1.29, 1.82) is 0 Å². The predicted octanol–water partition coefficient (Wildman–Crippen LogP) is 7.41. The van der Waals surface area contributed by atoms with E-state index in [1.807, 2.05) is 32.0 Å². The number of aryl methyl sites for hydroxylation is 2. The van der Waals surface area contributed by atoms with Gasteiger partial charge >= 0.3 is 6.18 Å². The van der Waals surface area contributed by atoms with Crippen LogP contribution >= 0.6 is 11.3 Å². The smallest absolute Gasteiger partial charge is 0.416 e. The Morgan fingerprint density at radius 2 is 1.54 bits per heavy atom. The van der Waals surface area contributed by atoms with Gasteiger partial charge in [-0.3, -0.25) is 0 Å². The normalized spacial score (nSPS) is 12.2. The zero-order valence-electron chi connectivity index (χ0n) is 16.4. The van der Waals surface area contributed by atoms with Crippen molar-refractivity contribution < 1.29 is 17.9 Å². The van der Waals surface area contributed by atoms with Crippen molar-refractivity contribution in [3.63, 3.8) is 0 Å². The fourth-order valence-corrected chi connectivity index (χ4v) is 4.13. The molecule has 0 spiro atoms. The maximum absolute atomic E-state index is 12.8. The fourth-order valence-electron chi connectivity index (χ4n) is 3.29. The minimum Gasteiger partial charge on any atom is -0.493 e. The van der Waals surface area contributed by atoms with Crippen molar-refractivity contribution in [3.05, 3.63) is 75.5 Å². The molecule has 0 unspecified atom stereocenters. The topological polar surface area (TPSA) is 9.23 Å². The molecule has 0 aliphatic rings. The molecule has 1 aromatic heterocycles. The Bertz CT molecular complexity index is 916. The van der Waals surface area contributed by atoms with E-state index < -0.39 is 11.7 Å². The lowest BCUT2D eigenvalue weighted by Crippen LogP contribution is -2.25. The van der Waals surface area contributed by atoms with Gasteiger partial charge in [-0.1, -0.05) is 32.0 Å². The molecule has 0 saturated heterocycles. The largest absolute Gasteiger partial charge is 0.493 e. The molecule has 0 saturated carbocycles. The Kier molecular flexibility index (Phi) is 5.57. The number of hydrogen-bond donors (Lipinski definition) is 0. The number of rotatable bonds is 5. The summed E-state index contributed by atoms with van der Waals surface area (Å²) >= 11 is 1.71. The molecule has 0 aliphatic carbocycles. The lowest BCUT2D eigenvalue weighted by molar-refractivity contribution is -0.137. The standard InChI is InChI=1S/C23H23F3OS/c1-15-12-19(27-14-22(3,4)20-6-5-11-28-20)13-16(2)21(15)17-7-9-18(10-8-17)23(24,25)26/h5-13H,14H2,1-4H3. The van der Waals surface area contributed by atoms with Crippen molar-refractivity contribution in [2.75, 3.05) is 6.61 Å². The molecule has 2 aromatic carbocycles. The number of hydrogen-bond acceptors (Lipinski definition) is 2. The first-order valence-electron chi connectivity index (χ1n) is 9.03. The second-order valence-electron chi connectivity index (χ2n) is 7.66. The molecule has 0 radical (unpaired) electrons. The molecule has 0 amide bonds. The van der Waals surface area contributed by atoms with E-state index in [0.29, 0.717) is 6.61 Å². The van der Waals surface area contributed by atoms with Crippen LogP contribution in [0.1, 0.15) is 35.4 Å². The maximum Gasteiger partial charge on any atom is 0.416 e. The molecule has 1 heterocycles. The van der Waals surface area contributed by atoms with Gasteiger partial charge in [0.25, 0.3) is 0 Å². The van der Waals surface area contributed by atoms with E-state index in [-0.39, 0.29) is 5.41 Å². The molecule has 0 fully saturated rings. The number of halogens is 3. The monoisotopic (exact) mass is 404 g/mol. The minimum absolute atomic E-state index is 0.0952. The van der Waals surface area contributed by atoms with Gasteiger partial charge in [0.2, 0.25) is 0 Å². The van der Waals surface area contributed by atoms with Crippen LogP contribution in [-0.4, -0.2) is 6.61 Å². The Balaban J connectivity index is 1.81. The molecule has 3 aromatic rings. The molecular weight excluding hydrogens is 381 g/mol. The van der Waals surface area contributed by atoms with Crippen molar-refractivity contribution in [3.8, 4) is 16.9 Å². The highest BCUT2D eigenvalue weighted by atomic mass is 32.1. The SMILES string of the molecule is Cc1cc(OCC(C)(C)c2cccs2)cc(C)c1-c1ccc(C(F)(F)F)cc1. The second kappa shape index (κ2) is 7.63. The zero-order chi connectivity index (χ0) is 20.5. The highest BCUT2D eigenvalue weighted by Crippen LogP contribution is 2.35. The molecule has 148 valence electrons. The molecule has 0 N–H and O–H groups in total. The Morgan fingerprint density at radius 1 is 0.929 bits per heavy atom. The molecule has 0 aliphatic heterocycles. The van der Waals surface area contributed by atoms with E-state index in [1.165, 1.54) is 17.0 Å². The van der Waals surface area contributed by atoms with Gasteiger partial charge in [-0.15, -0.1) is 11.3 Å². The van der Waals surface area contributed by atoms with Crippen LogP contribution in [0, 0.1) is 13.8 Å². The molecule has 5 heteroatoms. The molecule has 0 bridgehead atoms. The summed E-state index contributed by atoms with van der Waals surface area (Å²) in [4.78, 5) is 1.27. The first-order valence-corrected chi connectivity index (χ1v) is 9.91. The summed E-state index contributed by atoms with van der Waals surface area (Å²) in [7, 11) is 0. The first-order chi connectivity index (χ1) is 13.1. The maximum atomic E-state index is 12.8. The van der Waals surface area contributed by atoms with E-state index in [4.69, 9.17) is 4.74 Å². The van der Waals surface area contributed by atoms with Gasteiger partial charge in [-0.05, 0) is 71.8 Å². The zero-order valence-corrected chi connectivity index (χ0v) is 17.2. The van der Waals surface area contributed by atoms with Crippen molar-refractivity contribution >= 4 is 11.3 Å². The predicted molar refractivity (Wildman–Crippen MR) is 109 cm³/mol. The van der Waals surface area contributed by atoms with Gasteiger partial charge in [0.1, 0.15) is 5.75 Å². The number of thiophene rings is 1. The Morgan fingerprint density at radius 3 is 2.04 bits per heavy atom. The summed E-state index contributed by atoms with van der Waals surface area (Å²) in [5.74, 6) is 0.773. The van der Waals surface area contributed by atoms with E-state index >= 15 is 0 Å². The minimum atomic E-state index is -4.32. The van der Waals surface area contributed by atoms with E-state index in [1.54, 1.807) is 11.3 Å². The Hall–Kier alpha value is -2.27. The molecule has 3 rings (SSSR count). The van der Waals surface area contributed by atoms with Crippen LogP contribution in [0.15, 0.2) is 53.9 Å². The second-order valence-corrected chi connectivity index (χ2v) is 8.60. The highest BCUT2D eigenvalue weighted by molar-refractivity contribution is 7.10. The molecule has 1 nitrogen and oxygen atoms in total. The average molecular weight is 404 g/mol.